The van der Waals surface area contributed by atoms with Crippen molar-refractivity contribution in [2.24, 2.45) is 5.92 Å². The number of pyridine rings is 2. The summed E-state index contributed by atoms with van der Waals surface area (Å²) < 4.78 is 0. The first kappa shape index (κ1) is 22.9. The Morgan fingerprint density at radius 3 is 2.47 bits per heavy atom. The third-order valence-corrected chi connectivity index (χ3v) is 7.65. The van der Waals surface area contributed by atoms with E-state index in [1.165, 1.54) is 6.42 Å². The van der Waals surface area contributed by atoms with E-state index in [9.17, 15) is 4.79 Å². The molecule has 4 heterocycles. The molecule has 0 spiro atoms. The molecule has 2 aliphatic heterocycles. The highest BCUT2D eigenvalue weighted by molar-refractivity contribution is 7.99. The number of carbonyl (C=O) groups is 1. The number of nitrogens with zero attached hydrogens (tertiary/aromatic N) is 5. The van der Waals surface area contributed by atoms with Crippen molar-refractivity contribution in [3.05, 3.63) is 78.6 Å². The molecule has 0 bridgehead atoms. The molecule has 7 heteroatoms. The molecular formula is C27H31N5OS. The highest BCUT2D eigenvalue weighted by Crippen LogP contribution is 2.30. The Morgan fingerprint density at radius 2 is 1.68 bits per heavy atom. The van der Waals surface area contributed by atoms with Gasteiger partial charge in [0.1, 0.15) is 10.8 Å². The van der Waals surface area contributed by atoms with Gasteiger partial charge in [0, 0.05) is 63.1 Å². The molecule has 5 rings (SSSR count). The van der Waals surface area contributed by atoms with E-state index in [0.29, 0.717) is 11.5 Å². The van der Waals surface area contributed by atoms with Crippen LogP contribution in [0.1, 0.15) is 23.2 Å². The first-order valence-electron chi connectivity index (χ1n) is 12.1. The minimum absolute atomic E-state index is 0.108. The molecule has 176 valence electrons. The van der Waals surface area contributed by atoms with Crippen LogP contribution in [-0.2, 0) is 0 Å². The zero-order chi connectivity index (χ0) is 23.2. The molecule has 3 aromatic rings. The van der Waals surface area contributed by atoms with E-state index in [1.54, 1.807) is 18.0 Å². The van der Waals surface area contributed by atoms with Gasteiger partial charge in [-0.05, 0) is 55.2 Å². The second-order valence-corrected chi connectivity index (χ2v) is 10.1. The highest BCUT2D eigenvalue weighted by Gasteiger charge is 2.28. The predicted octanol–water partition coefficient (Wildman–Crippen LogP) is 4.30. The Hall–Kier alpha value is -2.90. The van der Waals surface area contributed by atoms with Crippen LogP contribution in [0.4, 0.5) is 5.82 Å². The number of hydrogen-bond acceptors (Lipinski definition) is 6. The second kappa shape index (κ2) is 11.0. The molecule has 2 aliphatic rings. The van der Waals surface area contributed by atoms with Crippen LogP contribution in [0.15, 0.2) is 83.0 Å². The van der Waals surface area contributed by atoms with Gasteiger partial charge in [0.15, 0.2) is 0 Å². The van der Waals surface area contributed by atoms with Crippen LogP contribution in [0.25, 0.3) is 0 Å². The number of anilines is 1. The summed E-state index contributed by atoms with van der Waals surface area (Å²) in [7, 11) is 0. The first-order valence-corrected chi connectivity index (χ1v) is 12.9. The van der Waals surface area contributed by atoms with Gasteiger partial charge in [-0.2, -0.15) is 0 Å². The van der Waals surface area contributed by atoms with Crippen molar-refractivity contribution in [3.63, 3.8) is 0 Å². The number of rotatable bonds is 6. The van der Waals surface area contributed by atoms with Gasteiger partial charge in [-0.1, -0.05) is 36.0 Å². The average Bonchev–Trinajstić information content (AvgIpc) is 2.90. The molecule has 1 aromatic carbocycles. The summed E-state index contributed by atoms with van der Waals surface area (Å²) in [5, 5.41) is 0.784. The maximum atomic E-state index is 13.5. The smallest absolute Gasteiger partial charge is 0.256 e. The molecule has 0 N–H and O–H groups in total. The third kappa shape index (κ3) is 5.59. The van der Waals surface area contributed by atoms with Gasteiger partial charge in [0.25, 0.3) is 5.91 Å². The monoisotopic (exact) mass is 473 g/mol. The molecule has 1 unspecified atom stereocenters. The lowest BCUT2D eigenvalue weighted by Crippen LogP contribution is -2.50. The topological polar surface area (TPSA) is 52.6 Å². The predicted molar refractivity (Wildman–Crippen MR) is 136 cm³/mol. The number of aromatic nitrogens is 2. The number of piperidine rings is 1. The molecule has 2 aromatic heterocycles. The molecule has 34 heavy (non-hydrogen) atoms. The molecule has 2 fully saturated rings. The van der Waals surface area contributed by atoms with Crippen LogP contribution in [-0.4, -0.2) is 71.5 Å². The Morgan fingerprint density at radius 1 is 0.882 bits per heavy atom. The number of amides is 1. The minimum Gasteiger partial charge on any atom is -0.354 e. The standard InChI is InChI=1S/C27H31N5OS/c33-27(24-11-6-14-29-26(24)34-23-9-2-1-3-10-23)32-15-7-8-22(21-32)20-30-16-18-31(19-17-30)25-12-4-5-13-28-25/h1-6,9-14,22H,7-8,15-21H2. The highest BCUT2D eigenvalue weighted by atomic mass is 32.2. The van der Waals surface area contributed by atoms with Gasteiger partial charge in [-0.25, -0.2) is 9.97 Å². The maximum absolute atomic E-state index is 13.5. The maximum Gasteiger partial charge on any atom is 0.256 e. The SMILES string of the molecule is O=C(c1cccnc1Sc1ccccc1)N1CCCC(CN2CCN(c3ccccn3)CC2)C1. The van der Waals surface area contributed by atoms with Crippen LogP contribution < -0.4 is 4.90 Å². The van der Waals surface area contributed by atoms with Crippen molar-refractivity contribution in [1.29, 1.82) is 0 Å². The van der Waals surface area contributed by atoms with Crippen molar-refractivity contribution < 1.29 is 4.79 Å². The van der Waals surface area contributed by atoms with Crippen LogP contribution in [0.3, 0.4) is 0 Å². The summed E-state index contributed by atoms with van der Waals surface area (Å²) in [6.07, 6.45) is 5.88. The zero-order valence-corrected chi connectivity index (χ0v) is 20.2. The molecular weight excluding hydrogens is 442 g/mol. The lowest BCUT2D eigenvalue weighted by Gasteiger charge is -2.39. The van der Waals surface area contributed by atoms with E-state index >= 15 is 0 Å². The number of likely N-dealkylation sites (tertiary alicyclic amines) is 1. The fraction of sp³-hybridized carbons (Fsp3) is 0.370. The fourth-order valence-electron chi connectivity index (χ4n) is 4.87. The average molecular weight is 474 g/mol. The lowest BCUT2D eigenvalue weighted by molar-refractivity contribution is 0.0633. The van der Waals surface area contributed by atoms with E-state index in [-0.39, 0.29) is 5.91 Å². The Labute approximate surface area is 206 Å². The summed E-state index contributed by atoms with van der Waals surface area (Å²) in [6, 6.07) is 20.0. The van der Waals surface area contributed by atoms with E-state index in [0.717, 1.165) is 68.0 Å². The van der Waals surface area contributed by atoms with E-state index in [1.807, 2.05) is 53.6 Å². The van der Waals surface area contributed by atoms with Gasteiger partial charge in [0.2, 0.25) is 0 Å². The van der Waals surface area contributed by atoms with Crippen LogP contribution in [0.5, 0.6) is 0 Å². The molecule has 1 atom stereocenters. The van der Waals surface area contributed by atoms with E-state index < -0.39 is 0 Å². The number of carbonyl (C=O) groups excluding carboxylic acids is 1. The van der Waals surface area contributed by atoms with Gasteiger partial charge in [0.05, 0.1) is 5.56 Å². The zero-order valence-electron chi connectivity index (χ0n) is 19.4. The van der Waals surface area contributed by atoms with E-state index in [2.05, 4.69) is 38.0 Å². The Balaban J connectivity index is 1.18. The summed E-state index contributed by atoms with van der Waals surface area (Å²) in [5.41, 5.74) is 0.709. The van der Waals surface area contributed by atoms with Crippen molar-refractivity contribution in [2.45, 2.75) is 22.8 Å². The van der Waals surface area contributed by atoms with Gasteiger partial charge >= 0.3 is 0 Å². The van der Waals surface area contributed by atoms with Gasteiger partial charge in [-0.3, -0.25) is 9.69 Å². The quantitative estimate of drug-likeness (QED) is 0.532. The molecule has 0 aliphatic carbocycles. The van der Waals surface area contributed by atoms with Gasteiger partial charge < -0.3 is 9.80 Å². The van der Waals surface area contributed by atoms with Crippen LogP contribution >= 0.6 is 11.8 Å². The number of piperazine rings is 1. The minimum atomic E-state index is 0.108. The van der Waals surface area contributed by atoms with Gasteiger partial charge in [-0.15, -0.1) is 0 Å². The summed E-state index contributed by atoms with van der Waals surface area (Å²) in [6.45, 7) is 6.79. The fourth-order valence-corrected chi connectivity index (χ4v) is 5.76. The largest absolute Gasteiger partial charge is 0.354 e. The van der Waals surface area contributed by atoms with Crippen molar-refractivity contribution >= 4 is 23.5 Å². The number of benzene rings is 1. The molecule has 1 amide bonds. The molecule has 6 nitrogen and oxygen atoms in total. The molecule has 0 saturated carbocycles. The van der Waals surface area contributed by atoms with Crippen LogP contribution in [0.2, 0.25) is 0 Å². The van der Waals surface area contributed by atoms with Crippen LogP contribution in [0, 0.1) is 5.92 Å². The molecule has 2 saturated heterocycles. The third-order valence-electron chi connectivity index (χ3n) is 6.63. The first-order chi connectivity index (χ1) is 16.8. The van der Waals surface area contributed by atoms with Crippen molar-refractivity contribution in [2.75, 3.05) is 50.7 Å². The summed E-state index contributed by atoms with van der Waals surface area (Å²) in [5.74, 6) is 1.69. The van der Waals surface area contributed by atoms with Crippen molar-refractivity contribution in [3.8, 4) is 0 Å². The second-order valence-electron chi connectivity index (χ2n) is 9.01. The normalized spacial score (nSPS) is 19.2. The summed E-state index contributed by atoms with van der Waals surface area (Å²) in [4.78, 5) is 30.6. The number of hydrogen-bond donors (Lipinski definition) is 0. The Bertz CT molecular complexity index is 1070. The van der Waals surface area contributed by atoms with E-state index in [4.69, 9.17) is 0 Å². The Kier molecular flexibility index (Phi) is 7.41. The summed E-state index contributed by atoms with van der Waals surface area (Å²) >= 11 is 1.56. The van der Waals surface area contributed by atoms with Crippen molar-refractivity contribution in [1.82, 2.24) is 19.8 Å². The lowest BCUT2D eigenvalue weighted by atomic mass is 9.96. The molecule has 0 radical (unpaired) electrons.